The zero-order valence-corrected chi connectivity index (χ0v) is 15.6. The van der Waals surface area contributed by atoms with Crippen LogP contribution in [0.1, 0.15) is 33.9 Å². The lowest BCUT2D eigenvalue weighted by atomic mass is 10.0. The van der Waals surface area contributed by atoms with Crippen molar-refractivity contribution in [3.63, 3.8) is 0 Å². The standard InChI is InChI=1S/C17H15Cl2NO4S/c1-24-17(21)11-3-2-10-4-7-15(13(10)8-11)20-25(22,23)16-9-12(18)5-6-14(16)19/h2-3,5-6,8-9,15,20H,4,7H2,1H3. The third-order valence-corrected chi connectivity index (χ3v) is 6.31. The van der Waals surface area contributed by atoms with Crippen LogP contribution in [-0.2, 0) is 21.2 Å². The molecule has 1 unspecified atom stereocenters. The smallest absolute Gasteiger partial charge is 0.337 e. The van der Waals surface area contributed by atoms with Gasteiger partial charge in [0.1, 0.15) is 4.90 Å². The molecule has 2 aromatic carbocycles. The Morgan fingerprint density at radius 3 is 2.68 bits per heavy atom. The van der Waals surface area contributed by atoms with Crippen molar-refractivity contribution in [3.05, 3.63) is 63.1 Å². The van der Waals surface area contributed by atoms with Crippen LogP contribution in [0, 0.1) is 0 Å². The lowest BCUT2D eigenvalue weighted by Gasteiger charge is -2.16. The van der Waals surface area contributed by atoms with Crippen molar-refractivity contribution >= 4 is 39.2 Å². The van der Waals surface area contributed by atoms with Gasteiger partial charge in [0.05, 0.1) is 17.7 Å². The highest BCUT2D eigenvalue weighted by Gasteiger charge is 2.29. The second-order valence-corrected chi connectivity index (χ2v) is 8.22. The topological polar surface area (TPSA) is 72.5 Å². The summed E-state index contributed by atoms with van der Waals surface area (Å²) in [4.78, 5) is 11.6. The minimum Gasteiger partial charge on any atom is -0.465 e. The highest BCUT2D eigenvalue weighted by molar-refractivity contribution is 7.89. The Hall–Kier alpha value is -1.60. The minimum atomic E-state index is -3.86. The van der Waals surface area contributed by atoms with E-state index in [0.29, 0.717) is 18.4 Å². The molecule has 0 saturated carbocycles. The summed E-state index contributed by atoms with van der Waals surface area (Å²) in [6.45, 7) is 0. The first-order valence-electron chi connectivity index (χ1n) is 7.50. The Morgan fingerprint density at radius 2 is 1.96 bits per heavy atom. The largest absolute Gasteiger partial charge is 0.465 e. The Bertz CT molecular complexity index is 944. The maximum Gasteiger partial charge on any atom is 0.337 e. The first kappa shape index (κ1) is 18.2. The van der Waals surface area contributed by atoms with Gasteiger partial charge in [-0.1, -0.05) is 29.3 Å². The number of carbonyl (C=O) groups is 1. The van der Waals surface area contributed by atoms with Gasteiger partial charge in [0, 0.05) is 11.1 Å². The van der Waals surface area contributed by atoms with E-state index in [1.54, 1.807) is 12.1 Å². The molecule has 0 fully saturated rings. The van der Waals surface area contributed by atoms with Gasteiger partial charge in [-0.05, 0) is 54.3 Å². The number of esters is 1. The quantitative estimate of drug-likeness (QED) is 0.794. The van der Waals surface area contributed by atoms with Gasteiger partial charge < -0.3 is 4.74 Å². The molecule has 0 radical (unpaired) electrons. The normalized spacial score (nSPS) is 16.5. The highest BCUT2D eigenvalue weighted by atomic mass is 35.5. The molecule has 0 aliphatic heterocycles. The summed E-state index contributed by atoms with van der Waals surface area (Å²) in [6.07, 6.45) is 1.31. The molecule has 1 aliphatic rings. The fraction of sp³-hybridized carbons (Fsp3) is 0.235. The van der Waals surface area contributed by atoms with Crippen LogP contribution in [0.25, 0.3) is 0 Å². The molecule has 0 heterocycles. The fourth-order valence-electron chi connectivity index (χ4n) is 2.90. The molecule has 8 heteroatoms. The summed E-state index contributed by atoms with van der Waals surface area (Å²) in [7, 11) is -2.56. The third-order valence-electron chi connectivity index (χ3n) is 4.12. The number of aryl methyl sites for hydroxylation is 1. The van der Waals surface area contributed by atoms with E-state index in [2.05, 4.69) is 4.72 Å². The molecule has 0 aromatic heterocycles. The molecule has 25 heavy (non-hydrogen) atoms. The second-order valence-electron chi connectivity index (χ2n) is 5.69. The molecule has 0 bridgehead atoms. The molecule has 3 rings (SSSR count). The van der Waals surface area contributed by atoms with E-state index >= 15 is 0 Å². The monoisotopic (exact) mass is 399 g/mol. The van der Waals surface area contributed by atoms with Gasteiger partial charge in [-0.3, -0.25) is 0 Å². The van der Waals surface area contributed by atoms with E-state index in [0.717, 1.165) is 11.1 Å². The summed E-state index contributed by atoms with van der Waals surface area (Å²) in [5, 5.41) is 0.378. The van der Waals surface area contributed by atoms with E-state index in [4.69, 9.17) is 27.9 Å². The van der Waals surface area contributed by atoms with Gasteiger partial charge in [0.2, 0.25) is 10.0 Å². The number of nitrogens with one attached hydrogen (secondary N) is 1. The van der Waals surface area contributed by atoms with Crippen LogP contribution in [-0.4, -0.2) is 21.5 Å². The average Bonchev–Trinajstić information content (AvgIpc) is 2.97. The van der Waals surface area contributed by atoms with E-state index in [1.807, 2.05) is 6.07 Å². The van der Waals surface area contributed by atoms with Gasteiger partial charge in [-0.2, -0.15) is 0 Å². The van der Waals surface area contributed by atoms with E-state index in [1.165, 1.54) is 25.3 Å². The summed E-state index contributed by atoms with van der Waals surface area (Å²) >= 11 is 11.9. The SMILES string of the molecule is COC(=O)c1ccc2c(c1)C(NS(=O)(=O)c1cc(Cl)ccc1Cl)CC2. The molecule has 0 spiro atoms. The lowest BCUT2D eigenvalue weighted by molar-refractivity contribution is 0.0600. The van der Waals surface area contributed by atoms with Crippen molar-refractivity contribution in [1.82, 2.24) is 4.72 Å². The number of halogens is 2. The summed E-state index contributed by atoms with van der Waals surface area (Å²) in [6, 6.07) is 9.00. The molecule has 1 N–H and O–H groups in total. The van der Waals surface area contributed by atoms with Gasteiger partial charge in [-0.15, -0.1) is 0 Å². The fourth-order valence-corrected chi connectivity index (χ4v) is 4.92. The van der Waals surface area contributed by atoms with Crippen LogP contribution >= 0.6 is 23.2 Å². The maximum absolute atomic E-state index is 12.7. The number of sulfonamides is 1. The van der Waals surface area contributed by atoms with Crippen molar-refractivity contribution in [2.45, 2.75) is 23.8 Å². The Balaban J connectivity index is 1.93. The van der Waals surface area contributed by atoms with Crippen molar-refractivity contribution in [3.8, 4) is 0 Å². The third kappa shape index (κ3) is 3.67. The number of fused-ring (bicyclic) bond motifs is 1. The van der Waals surface area contributed by atoms with Crippen molar-refractivity contribution < 1.29 is 17.9 Å². The zero-order chi connectivity index (χ0) is 18.2. The van der Waals surface area contributed by atoms with Crippen LogP contribution in [0.3, 0.4) is 0 Å². The molecule has 2 aromatic rings. The number of rotatable bonds is 4. The highest BCUT2D eigenvalue weighted by Crippen LogP contribution is 2.34. The average molecular weight is 400 g/mol. The Morgan fingerprint density at radius 1 is 1.20 bits per heavy atom. The molecular weight excluding hydrogens is 385 g/mol. The molecule has 1 atom stereocenters. The first-order chi connectivity index (χ1) is 11.8. The molecule has 5 nitrogen and oxygen atoms in total. The van der Waals surface area contributed by atoms with E-state index in [9.17, 15) is 13.2 Å². The van der Waals surface area contributed by atoms with Crippen LogP contribution in [0.2, 0.25) is 10.0 Å². The maximum atomic E-state index is 12.7. The predicted molar refractivity (Wildman–Crippen MR) is 95.6 cm³/mol. The van der Waals surface area contributed by atoms with Crippen molar-refractivity contribution in [2.75, 3.05) is 7.11 Å². The van der Waals surface area contributed by atoms with Crippen LogP contribution < -0.4 is 4.72 Å². The van der Waals surface area contributed by atoms with Crippen LogP contribution in [0.5, 0.6) is 0 Å². The number of methoxy groups -OCH3 is 1. The number of carbonyl (C=O) groups excluding carboxylic acids is 1. The van der Waals surface area contributed by atoms with Crippen molar-refractivity contribution in [1.29, 1.82) is 0 Å². The van der Waals surface area contributed by atoms with Crippen LogP contribution in [0.15, 0.2) is 41.3 Å². The van der Waals surface area contributed by atoms with E-state index in [-0.39, 0.29) is 14.9 Å². The summed E-state index contributed by atoms with van der Waals surface area (Å²) < 4.78 is 32.8. The van der Waals surface area contributed by atoms with Gasteiger partial charge in [-0.25, -0.2) is 17.9 Å². The predicted octanol–water partition coefficient (Wildman–Crippen LogP) is 3.75. The Kier molecular flexibility index (Phi) is 5.06. The number of hydrogen-bond donors (Lipinski definition) is 1. The molecule has 132 valence electrons. The van der Waals surface area contributed by atoms with Gasteiger partial charge in [0.25, 0.3) is 0 Å². The molecule has 0 saturated heterocycles. The molecule has 1 aliphatic carbocycles. The number of hydrogen-bond acceptors (Lipinski definition) is 4. The number of benzene rings is 2. The summed E-state index contributed by atoms with van der Waals surface area (Å²) in [5.74, 6) is -0.464. The first-order valence-corrected chi connectivity index (χ1v) is 9.74. The summed E-state index contributed by atoms with van der Waals surface area (Å²) in [5.41, 5.74) is 2.15. The van der Waals surface area contributed by atoms with Crippen molar-refractivity contribution in [2.24, 2.45) is 0 Å². The van der Waals surface area contributed by atoms with Gasteiger partial charge in [0.15, 0.2) is 0 Å². The van der Waals surface area contributed by atoms with Gasteiger partial charge >= 0.3 is 5.97 Å². The minimum absolute atomic E-state index is 0.0701. The lowest BCUT2D eigenvalue weighted by Crippen LogP contribution is -2.27. The Labute approximate surface area is 155 Å². The van der Waals surface area contributed by atoms with Crippen LogP contribution in [0.4, 0.5) is 0 Å². The zero-order valence-electron chi connectivity index (χ0n) is 13.3. The number of ether oxygens (including phenoxy) is 1. The molecular formula is C17H15Cl2NO4S. The second kappa shape index (κ2) is 6.96. The molecule has 0 amide bonds. The van der Waals surface area contributed by atoms with E-state index < -0.39 is 22.0 Å².